The van der Waals surface area contributed by atoms with Crippen LogP contribution in [0.2, 0.25) is 0 Å². The van der Waals surface area contributed by atoms with Crippen LogP contribution in [-0.4, -0.2) is 74.2 Å². The summed E-state index contributed by atoms with van der Waals surface area (Å²) in [6.45, 7) is 5.43. The number of benzene rings is 1. The summed E-state index contributed by atoms with van der Waals surface area (Å²) >= 11 is 1.29. The molecule has 1 saturated heterocycles. The lowest BCUT2D eigenvalue weighted by molar-refractivity contribution is -0.142. The molecule has 0 spiro atoms. The molecule has 1 aliphatic heterocycles. The predicted octanol–water partition coefficient (Wildman–Crippen LogP) is 1.80. The molecule has 10 heteroatoms. The number of carbonyl (C=O) groups excluding carboxylic acids is 3. The van der Waals surface area contributed by atoms with Crippen LogP contribution < -0.4 is 10.2 Å². The summed E-state index contributed by atoms with van der Waals surface area (Å²) in [7, 11) is 1.36. The average Bonchev–Trinajstić information content (AvgIpc) is 3.20. The van der Waals surface area contributed by atoms with E-state index < -0.39 is 0 Å². The van der Waals surface area contributed by atoms with Crippen LogP contribution in [0, 0.1) is 0 Å². The van der Waals surface area contributed by atoms with Crippen molar-refractivity contribution in [1.82, 2.24) is 9.88 Å². The van der Waals surface area contributed by atoms with Crippen LogP contribution in [0.5, 0.6) is 0 Å². The molecule has 2 aromatic rings. The molecule has 0 radical (unpaired) electrons. The zero-order valence-corrected chi connectivity index (χ0v) is 18.4. The number of ether oxygens (including phenoxy) is 2. The van der Waals surface area contributed by atoms with Crippen molar-refractivity contribution in [2.75, 3.05) is 56.7 Å². The first kappa shape index (κ1) is 22.7. The number of hydrogen-bond acceptors (Lipinski definition) is 9. The first-order chi connectivity index (χ1) is 15.0. The van der Waals surface area contributed by atoms with Gasteiger partial charge < -0.3 is 19.7 Å². The molecular formula is C21H26N4O5S. The van der Waals surface area contributed by atoms with Gasteiger partial charge in [0.1, 0.15) is 0 Å². The van der Waals surface area contributed by atoms with Gasteiger partial charge in [0.2, 0.25) is 5.91 Å². The molecule has 0 atom stereocenters. The Balaban J connectivity index is 1.43. The zero-order chi connectivity index (χ0) is 22.2. The number of aromatic nitrogens is 1. The minimum Gasteiger partial charge on any atom is -0.466 e. The van der Waals surface area contributed by atoms with Crippen LogP contribution in [0.1, 0.15) is 23.0 Å². The van der Waals surface area contributed by atoms with Gasteiger partial charge in [-0.25, -0.2) is 9.78 Å². The summed E-state index contributed by atoms with van der Waals surface area (Å²) in [6, 6.07) is 7.33. The fraction of sp³-hybridized carbons (Fsp3) is 0.429. The Bertz CT molecular complexity index is 907. The number of rotatable bonds is 8. The van der Waals surface area contributed by atoms with Crippen LogP contribution in [0.4, 0.5) is 10.8 Å². The minimum absolute atomic E-state index is 0.1000. The third-order valence-electron chi connectivity index (χ3n) is 4.82. The molecule has 1 aliphatic rings. The van der Waals surface area contributed by atoms with Gasteiger partial charge in [0.15, 0.2) is 5.13 Å². The molecule has 1 aromatic heterocycles. The van der Waals surface area contributed by atoms with E-state index in [9.17, 15) is 14.4 Å². The Morgan fingerprint density at radius 3 is 2.48 bits per heavy atom. The molecule has 0 saturated carbocycles. The normalized spacial score (nSPS) is 14.2. The highest BCUT2D eigenvalue weighted by Gasteiger charge is 2.20. The van der Waals surface area contributed by atoms with E-state index in [-0.39, 0.29) is 30.8 Å². The summed E-state index contributed by atoms with van der Waals surface area (Å²) in [4.78, 5) is 44.0. The summed E-state index contributed by atoms with van der Waals surface area (Å²) in [6.07, 6.45) is 0.1000. The molecule has 2 heterocycles. The lowest BCUT2D eigenvalue weighted by atomic mass is 10.2. The summed E-state index contributed by atoms with van der Waals surface area (Å²) < 4.78 is 9.63. The van der Waals surface area contributed by atoms with E-state index in [1.165, 1.54) is 18.4 Å². The molecule has 166 valence electrons. The molecule has 9 nitrogen and oxygen atoms in total. The number of carbonyl (C=O) groups is 3. The van der Waals surface area contributed by atoms with Crippen LogP contribution >= 0.6 is 11.3 Å². The van der Waals surface area contributed by atoms with Crippen molar-refractivity contribution < 1.29 is 23.9 Å². The molecule has 1 amide bonds. The minimum atomic E-state index is -0.351. The Morgan fingerprint density at radius 1 is 1.13 bits per heavy atom. The van der Waals surface area contributed by atoms with Crippen LogP contribution in [0.3, 0.4) is 0 Å². The van der Waals surface area contributed by atoms with Crippen LogP contribution in [0.15, 0.2) is 29.6 Å². The van der Waals surface area contributed by atoms with Crippen molar-refractivity contribution >= 4 is 40.0 Å². The van der Waals surface area contributed by atoms with Gasteiger partial charge in [-0.15, -0.1) is 11.3 Å². The van der Waals surface area contributed by atoms with E-state index >= 15 is 0 Å². The Hall–Kier alpha value is -2.98. The SMILES string of the molecule is CCOC(=O)Cc1csc(NC(=O)CN2CCN(c3ccc(C(=O)OC)cc3)CC2)n1. The first-order valence-corrected chi connectivity index (χ1v) is 10.9. The molecule has 0 unspecified atom stereocenters. The maximum Gasteiger partial charge on any atom is 0.337 e. The number of hydrogen-bond donors (Lipinski definition) is 1. The second kappa shape index (κ2) is 10.9. The molecular weight excluding hydrogens is 420 g/mol. The van der Waals surface area contributed by atoms with Crippen molar-refractivity contribution in [2.45, 2.75) is 13.3 Å². The van der Waals surface area contributed by atoms with Gasteiger partial charge in [-0.2, -0.15) is 0 Å². The van der Waals surface area contributed by atoms with Gasteiger partial charge in [0.05, 0.1) is 37.9 Å². The van der Waals surface area contributed by atoms with Crippen molar-refractivity contribution in [3.8, 4) is 0 Å². The highest BCUT2D eigenvalue weighted by molar-refractivity contribution is 7.13. The second-order valence-corrected chi connectivity index (χ2v) is 7.83. The van der Waals surface area contributed by atoms with E-state index in [0.29, 0.717) is 23.0 Å². The van der Waals surface area contributed by atoms with E-state index in [1.54, 1.807) is 24.4 Å². The highest BCUT2D eigenvalue weighted by Crippen LogP contribution is 2.19. The van der Waals surface area contributed by atoms with Gasteiger partial charge in [-0.3, -0.25) is 14.5 Å². The predicted molar refractivity (Wildman–Crippen MR) is 118 cm³/mol. The zero-order valence-electron chi connectivity index (χ0n) is 17.6. The van der Waals surface area contributed by atoms with Gasteiger partial charge in [-0.05, 0) is 31.2 Å². The number of methoxy groups -OCH3 is 1. The molecule has 1 fully saturated rings. The van der Waals surface area contributed by atoms with Crippen molar-refractivity contribution in [3.05, 3.63) is 40.9 Å². The second-order valence-electron chi connectivity index (χ2n) is 6.98. The number of thiazole rings is 1. The van der Waals surface area contributed by atoms with Gasteiger partial charge in [0.25, 0.3) is 0 Å². The molecule has 3 rings (SSSR count). The van der Waals surface area contributed by atoms with Crippen molar-refractivity contribution in [3.63, 3.8) is 0 Å². The fourth-order valence-corrected chi connectivity index (χ4v) is 3.98. The van der Waals surface area contributed by atoms with E-state index in [2.05, 4.69) is 20.1 Å². The fourth-order valence-electron chi connectivity index (χ4n) is 3.26. The summed E-state index contributed by atoms with van der Waals surface area (Å²) in [5, 5.41) is 5.02. The number of nitrogens with zero attached hydrogens (tertiary/aromatic N) is 3. The Labute approximate surface area is 185 Å². The number of amides is 1. The molecule has 31 heavy (non-hydrogen) atoms. The quantitative estimate of drug-likeness (QED) is 0.613. The average molecular weight is 447 g/mol. The lowest BCUT2D eigenvalue weighted by Gasteiger charge is -2.35. The van der Waals surface area contributed by atoms with E-state index in [0.717, 1.165) is 31.9 Å². The summed E-state index contributed by atoms with van der Waals surface area (Å²) in [5.74, 6) is -0.813. The topological polar surface area (TPSA) is 101 Å². The molecule has 1 N–H and O–H groups in total. The number of nitrogens with one attached hydrogen (secondary N) is 1. The number of esters is 2. The van der Waals surface area contributed by atoms with Crippen molar-refractivity contribution in [1.29, 1.82) is 0 Å². The van der Waals surface area contributed by atoms with E-state index in [1.807, 2.05) is 12.1 Å². The van der Waals surface area contributed by atoms with E-state index in [4.69, 9.17) is 9.47 Å². The molecule has 1 aromatic carbocycles. The maximum absolute atomic E-state index is 12.4. The molecule has 0 aliphatic carbocycles. The van der Waals surface area contributed by atoms with Crippen LogP contribution in [-0.2, 0) is 25.5 Å². The lowest BCUT2D eigenvalue weighted by Crippen LogP contribution is -2.48. The van der Waals surface area contributed by atoms with Gasteiger partial charge in [-0.1, -0.05) is 0 Å². The Kier molecular flexibility index (Phi) is 7.96. The number of anilines is 2. The largest absolute Gasteiger partial charge is 0.466 e. The third-order valence-corrected chi connectivity index (χ3v) is 5.63. The maximum atomic E-state index is 12.4. The standard InChI is InChI=1S/C21H26N4O5S/c1-3-30-19(27)12-16-14-31-21(22-16)23-18(26)13-24-8-10-25(11-9-24)17-6-4-15(5-7-17)20(28)29-2/h4-7,14H,3,8-13H2,1-2H3,(H,22,23,26). The van der Waals surface area contributed by atoms with Gasteiger partial charge >= 0.3 is 11.9 Å². The number of piperazine rings is 1. The third kappa shape index (κ3) is 6.50. The van der Waals surface area contributed by atoms with Crippen molar-refractivity contribution in [2.24, 2.45) is 0 Å². The van der Waals surface area contributed by atoms with Gasteiger partial charge in [0, 0.05) is 37.2 Å². The first-order valence-electron chi connectivity index (χ1n) is 10.0. The molecule has 0 bridgehead atoms. The monoisotopic (exact) mass is 446 g/mol. The smallest absolute Gasteiger partial charge is 0.337 e. The summed E-state index contributed by atoms with van der Waals surface area (Å²) in [5.41, 5.74) is 2.15. The Morgan fingerprint density at radius 2 is 1.84 bits per heavy atom. The van der Waals surface area contributed by atoms with Crippen LogP contribution in [0.25, 0.3) is 0 Å². The highest BCUT2D eigenvalue weighted by atomic mass is 32.1.